The number of halogens is 1. The molecule has 2 N–H and O–H groups in total. The number of benzene rings is 1. The first-order valence-corrected chi connectivity index (χ1v) is 7.51. The fourth-order valence-corrected chi connectivity index (χ4v) is 3.68. The summed E-state index contributed by atoms with van der Waals surface area (Å²) in [6.07, 6.45) is 3.56. The Hall–Kier alpha value is -0.800. The van der Waals surface area contributed by atoms with Crippen LogP contribution in [0.3, 0.4) is 0 Å². The van der Waals surface area contributed by atoms with Gasteiger partial charge in [-0.2, -0.15) is 0 Å². The van der Waals surface area contributed by atoms with Gasteiger partial charge < -0.3 is 10.3 Å². The predicted molar refractivity (Wildman–Crippen MR) is 80.2 cm³/mol. The molecule has 1 atom stereocenters. The molecule has 0 aliphatic heterocycles. The van der Waals surface area contributed by atoms with Crippen molar-refractivity contribution in [2.24, 2.45) is 0 Å². The number of likely N-dealkylation sites (N-methyl/N-ethyl adjacent to an activating group) is 1. The highest BCUT2D eigenvalue weighted by molar-refractivity contribution is 9.10. The molecule has 2 nitrogen and oxygen atoms in total. The van der Waals surface area contributed by atoms with E-state index in [2.05, 4.69) is 52.2 Å². The lowest BCUT2D eigenvalue weighted by Gasteiger charge is -2.23. The summed E-state index contributed by atoms with van der Waals surface area (Å²) in [5.74, 6) is 0. The van der Waals surface area contributed by atoms with Gasteiger partial charge in [-0.1, -0.05) is 22.9 Å². The third-order valence-electron chi connectivity index (χ3n) is 3.95. The Kier molecular flexibility index (Phi) is 3.20. The highest BCUT2D eigenvalue weighted by Gasteiger charge is 2.22. The molecule has 0 amide bonds. The van der Waals surface area contributed by atoms with Crippen molar-refractivity contribution in [2.75, 3.05) is 6.54 Å². The molecule has 0 radical (unpaired) electrons. The Morgan fingerprint density at radius 1 is 1.44 bits per heavy atom. The van der Waals surface area contributed by atoms with E-state index in [1.165, 1.54) is 45.0 Å². The second kappa shape index (κ2) is 4.71. The molecule has 0 bridgehead atoms. The van der Waals surface area contributed by atoms with Crippen molar-refractivity contribution in [3.8, 4) is 0 Å². The minimum absolute atomic E-state index is 0.640. The molecule has 0 saturated carbocycles. The quantitative estimate of drug-likeness (QED) is 0.870. The fourth-order valence-electron chi connectivity index (χ4n) is 3.11. The summed E-state index contributed by atoms with van der Waals surface area (Å²) in [7, 11) is 0. The van der Waals surface area contributed by atoms with Gasteiger partial charge in [0, 0.05) is 27.1 Å². The van der Waals surface area contributed by atoms with Crippen LogP contribution < -0.4 is 5.32 Å². The van der Waals surface area contributed by atoms with Gasteiger partial charge in [-0.25, -0.2) is 0 Å². The number of nitrogens with one attached hydrogen (secondary N) is 2. The van der Waals surface area contributed by atoms with E-state index in [0.29, 0.717) is 6.04 Å². The summed E-state index contributed by atoms with van der Waals surface area (Å²) in [6, 6.07) is 5.08. The highest BCUT2D eigenvalue weighted by Crippen LogP contribution is 2.32. The van der Waals surface area contributed by atoms with Gasteiger partial charge in [0.1, 0.15) is 0 Å². The van der Waals surface area contributed by atoms with E-state index in [0.717, 1.165) is 13.0 Å². The van der Waals surface area contributed by atoms with Crippen LogP contribution in [0.1, 0.15) is 30.2 Å². The molecule has 3 heteroatoms. The van der Waals surface area contributed by atoms with Gasteiger partial charge in [0.25, 0.3) is 0 Å². The lowest BCUT2D eigenvalue weighted by Crippen LogP contribution is -2.34. The third kappa shape index (κ3) is 1.99. The van der Waals surface area contributed by atoms with Gasteiger partial charge in [0.05, 0.1) is 0 Å². The Labute approximate surface area is 116 Å². The summed E-state index contributed by atoms with van der Waals surface area (Å²) in [5.41, 5.74) is 5.61. The van der Waals surface area contributed by atoms with Crippen LogP contribution in [-0.2, 0) is 12.8 Å². The summed E-state index contributed by atoms with van der Waals surface area (Å²) in [4.78, 5) is 3.63. The van der Waals surface area contributed by atoms with Crippen LogP contribution in [0.25, 0.3) is 10.9 Å². The number of aryl methyl sites for hydroxylation is 2. The summed E-state index contributed by atoms with van der Waals surface area (Å²) < 4.78 is 1.18. The molecule has 0 saturated heterocycles. The van der Waals surface area contributed by atoms with Crippen LogP contribution in [0, 0.1) is 6.92 Å². The predicted octanol–water partition coefficient (Wildman–Crippen LogP) is 3.71. The maximum Gasteiger partial charge on any atom is 0.0489 e. The molecule has 1 aromatic heterocycles. The molecule has 2 aromatic rings. The summed E-state index contributed by atoms with van der Waals surface area (Å²) >= 11 is 3.61. The number of aromatic amines is 1. The molecular weight excluding hydrogens is 288 g/mol. The normalized spacial score (nSPS) is 19.2. The van der Waals surface area contributed by atoms with Crippen LogP contribution in [0.4, 0.5) is 0 Å². The van der Waals surface area contributed by atoms with Gasteiger partial charge in [-0.3, -0.25) is 0 Å². The molecule has 18 heavy (non-hydrogen) atoms. The van der Waals surface area contributed by atoms with Crippen molar-refractivity contribution in [2.45, 2.75) is 39.2 Å². The Morgan fingerprint density at radius 3 is 3.06 bits per heavy atom. The van der Waals surface area contributed by atoms with Crippen LogP contribution in [0.5, 0.6) is 0 Å². The maximum absolute atomic E-state index is 3.63. The number of aromatic nitrogens is 1. The summed E-state index contributed by atoms with van der Waals surface area (Å²) in [5, 5.41) is 4.99. The standard InChI is InChI=1S/C15H19BrN2/c1-3-17-11-4-5-14-12(8-11)13-7-10(16)6-9(2)15(13)18-14/h6-7,11,17-18H,3-5,8H2,1-2H3. The Bertz CT molecular complexity index is 586. The SMILES string of the molecule is CCNC1CCc2[nH]c3c(C)cc(Br)cc3c2C1. The van der Waals surface area contributed by atoms with Crippen molar-refractivity contribution in [1.82, 2.24) is 10.3 Å². The number of rotatable bonds is 2. The molecule has 1 aliphatic carbocycles. The lowest BCUT2D eigenvalue weighted by molar-refractivity contribution is 0.470. The highest BCUT2D eigenvalue weighted by atomic mass is 79.9. The largest absolute Gasteiger partial charge is 0.358 e. The molecule has 1 heterocycles. The minimum atomic E-state index is 0.640. The van der Waals surface area contributed by atoms with E-state index >= 15 is 0 Å². The molecule has 0 fully saturated rings. The first-order chi connectivity index (χ1) is 8.69. The molecule has 96 valence electrons. The average molecular weight is 307 g/mol. The van der Waals surface area contributed by atoms with E-state index < -0.39 is 0 Å². The third-order valence-corrected chi connectivity index (χ3v) is 4.41. The van der Waals surface area contributed by atoms with Gasteiger partial charge in [-0.15, -0.1) is 0 Å². The topological polar surface area (TPSA) is 27.8 Å². The van der Waals surface area contributed by atoms with E-state index in [-0.39, 0.29) is 0 Å². The molecular formula is C15H19BrN2. The van der Waals surface area contributed by atoms with Gasteiger partial charge in [0.15, 0.2) is 0 Å². The molecule has 3 rings (SSSR count). The van der Waals surface area contributed by atoms with Gasteiger partial charge in [0.2, 0.25) is 0 Å². The number of hydrogen-bond donors (Lipinski definition) is 2. The van der Waals surface area contributed by atoms with E-state index in [4.69, 9.17) is 0 Å². The smallest absolute Gasteiger partial charge is 0.0489 e. The van der Waals surface area contributed by atoms with Crippen molar-refractivity contribution in [3.63, 3.8) is 0 Å². The molecule has 1 aromatic carbocycles. The first kappa shape index (κ1) is 12.2. The van der Waals surface area contributed by atoms with Crippen LogP contribution >= 0.6 is 15.9 Å². The first-order valence-electron chi connectivity index (χ1n) is 6.72. The van der Waals surface area contributed by atoms with Crippen LogP contribution in [0.15, 0.2) is 16.6 Å². The fraction of sp³-hybridized carbons (Fsp3) is 0.467. The minimum Gasteiger partial charge on any atom is -0.358 e. The van der Waals surface area contributed by atoms with Crippen molar-refractivity contribution in [3.05, 3.63) is 33.4 Å². The van der Waals surface area contributed by atoms with E-state index in [9.17, 15) is 0 Å². The molecule has 1 aliphatic rings. The van der Waals surface area contributed by atoms with Crippen molar-refractivity contribution < 1.29 is 0 Å². The van der Waals surface area contributed by atoms with Crippen LogP contribution in [-0.4, -0.2) is 17.6 Å². The Balaban J connectivity index is 2.09. The van der Waals surface area contributed by atoms with E-state index in [1.54, 1.807) is 0 Å². The monoisotopic (exact) mass is 306 g/mol. The maximum atomic E-state index is 3.63. The number of fused-ring (bicyclic) bond motifs is 3. The zero-order valence-electron chi connectivity index (χ0n) is 10.9. The van der Waals surface area contributed by atoms with Gasteiger partial charge in [-0.05, 0) is 56.0 Å². The number of hydrogen-bond acceptors (Lipinski definition) is 1. The average Bonchev–Trinajstić information content (AvgIpc) is 2.68. The summed E-state index contributed by atoms with van der Waals surface area (Å²) in [6.45, 7) is 5.42. The number of H-pyrrole nitrogens is 1. The molecule has 0 spiro atoms. The zero-order valence-corrected chi connectivity index (χ0v) is 12.5. The second-order valence-corrected chi connectivity index (χ2v) is 6.14. The van der Waals surface area contributed by atoms with Crippen molar-refractivity contribution in [1.29, 1.82) is 0 Å². The Morgan fingerprint density at radius 2 is 2.28 bits per heavy atom. The lowest BCUT2D eigenvalue weighted by atomic mass is 9.91. The van der Waals surface area contributed by atoms with Crippen molar-refractivity contribution >= 4 is 26.8 Å². The zero-order chi connectivity index (χ0) is 12.7. The second-order valence-electron chi connectivity index (χ2n) is 5.22. The van der Waals surface area contributed by atoms with Crippen LogP contribution in [0.2, 0.25) is 0 Å². The van der Waals surface area contributed by atoms with Gasteiger partial charge >= 0.3 is 0 Å². The molecule has 1 unspecified atom stereocenters. The van der Waals surface area contributed by atoms with E-state index in [1.807, 2.05) is 0 Å².